The number of nitrogens with one attached hydrogen (secondary N) is 1. The predicted molar refractivity (Wildman–Crippen MR) is 77.8 cm³/mol. The summed E-state index contributed by atoms with van der Waals surface area (Å²) < 4.78 is 20.2. The third-order valence-electron chi connectivity index (χ3n) is 2.65. The lowest BCUT2D eigenvalue weighted by Gasteiger charge is -2.15. The highest BCUT2D eigenvalue weighted by Crippen LogP contribution is 2.42. The maximum Gasteiger partial charge on any atom is 0.350 e. The molecule has 0 saturated heterocycles. The van der Waals surface area contributed by atoms with Crippen molar-refractivity contribution in [2.75, 3.05) is 52.6 Å². The highest BCUT2D eigenvalue weighted by molar-refractivity contribution is 7.19. The molecule has 0 aromatic carbocycles. The van der Waals surface area contributed by atoms with Crippen LogP contribution in [0.15, 0.2) is 0 Å². The van der Waals surface area contributed by atoms with Gasteiger partial charge in [-0.2, -0.15) is 0 Å². The molecule has 0 saturated carbocycles. The van der Waals surface area contributed by atoms with Gasteiger partial charge in [0, 0.05) is 20.8 Å². The smallest absolute Gasteiger partial charge is 0.350 e. The highest BCUT2D eigenvalue weighted by Gasteiger charge is 2.22. The Morgan fingerprint density at radius 1 is 1.35 bits per heavy atom. The van der Waals surface area contributed by atoms with Crippen LogP contribution >= 0.6 is 11.3 Å². The molecule has 114 valence electrons. The van der Waals surface area contributed by atoms with E-state index in [0.717, 1.165) is 0 Å². The van der Waals surface area contributed by atoms with Crippen molar-refractivity contribution in [1.82, 2.24) is 0 Å². The fourth-order valence-corrected chi connectivity index (χ4v) is 2.61. The minimum Gasteiger partial charge on any atom is -0.492 e. The Morgan fingerprint density at radius 3 is 2.55 bits per heavy atom. The number of thiophene rings is 1. The van der Waals surface area contributed by atoms with Crippen molar-refractivity contribution >= 4 is 28.0 Å². The summed E-state index contributed by atoms with van der Waals surface area (Å²) in [4.78, 5) is 11.9. The molecule has 0 aliphatic carbocycles. The Hall–Kier alpha value is -1.51. The van der Waals surface area contributed by atoms with Gasteiger partial charge in [0.1, 0.15) is 15.6 Å². The van der Waals surface area contributed by atoms with E-state index in [9.17, 15) is 4.79 Å². The zero-order chi connectivity index (χ0) is 15.1. The van der Waals surface area contributed by atoms with Gasteiger partial charge in [-0.3, -0.25) is 0 Å². The number of ether oxygens (including phenoxy) is 4. The summed E-state index contributed by atoms with van der Waals surface area (Å²) in [7, 11) is 6.00. The fourth-order valence-electron chi connectivity index (χ4n) is 1.59. The minimum atomic E-state index is -0.487. The molecule has 0 aliphatic rings. The number of carbonyl (C=O) groups excluding carboxylic acids is 1. The molecule has 0 bridgehead atoms. The second-order valence-electron chi connectivity index (χ2n) is 3.89. The monoisotopic (exact) mass is 304 g/mol. The van der Waals surface area contributed by atoms with Crippen molar-refractivity contribution in [3.05, 3.63) is 4.88 Å². The van der Waals surface area contributed by atoms with E-state index >= 15 is 0 Å². The molecule has 1 atom stereocenters. The minimum absolute atomic E-state index is 0.116. The number of nitrogen functional groups attached to an aromatic ring is 1. The molecule has 1 heterocycles. The maximum atomic E-state index is 11.6. The second kappa shape index (κ2) is 7.93. The van der Waals surface area contributed by atoms with E-state index in [2.05, 4.69) is 10.1 Å². The van der Waals surface area contributed by atoms with Crippen LogP contribution in [-0.4, -0.2) is 53.7 Å². The Morgan fingerprint density at radius 2 is 2.05 bits per heavy atom. The highest BCUT2D eigenvalue weighted by atomic mass is 32.1. The van der Waals surface area contributed by atoms with Crippen molar-refractivity contribution in [2.24, 2.45) is 0 Å². The summed E-state index contributed by atoms with van der Waals surface area (Å²) in [6.07, 6.45) is -0.116. The lowest BCUT2D eigenvalue weighted by atomic mass is 10.3. The van der Waals surface area contributed by atoms with Crippen LogP contribution in [0.25, 0.3) is 0 Å². The van der Waals surface area contributed by atoms with E-state index in [1.807, 2.05) is 0 Å². The Balaban J connectivity index is 2.86. The number of hydrogen-bond donors (Lipinski definition) is 2. The molecule has 0 fully saturated rings. The first-order valence-corrected chi connectivity index (χ1v) is 6.70. The van der Waals surface area contributed by atoms with Crippen LogP contribution < -0.4 is 15.8 Å². The number of anilines is 2. The second-order valence-corrected chi connectivity index (χ2v) is 4.91. The molecule has 0 spiro atoms. The van der Waals surface area contributed by atoms with Crippen LogP contribution in [0, 0.1) is 0 Å². The Kier molecular flexibility index (Phi) is 6.56. The first kappa shape index (κ1) is 16.5. The summed E-state index contributed by atoms with van der Waals surface area (Å²) >= 11 is 1.18. The maximum absolute atomic E-state index is 11.6. The summed E-state index contributed by atoms with van der Waals surface area (Å²) in [5, 5.41) is 3.80. The number of esters is 1. The number of methoxy groups -OCH3 is 4. The number of nitrogens with two attached hydrogens (primary N) is 1. The zero-order valence-corrected chi connectivity index (χ0v) is 12.8. The van der Waals surface area contributed by atoms with Crippen molar-refractivity contribution in [1.29, 1.82) is 0 Å². The molecular formula is C12H20N2O5S. The van der Waals surface area contributed by atoms with Crippen LogP contribution in [0.4, 0.5) is 10.7 Å². The Bertz CT molecular complexity index is 449. The SMILES string of the molecule is COCC(CNc1sc(C(=O)OC)c(N)c1OC)OC. The number of carbonyl (C=O) groups is 1. The van der Waals surface area contributed by atoms with Crippen molar-refractivity contribution < 1.29 is 23.7 Å². The molecule has 0 amide bonds. The van der Waals surface area contributed by atoms with Gasteiger partial charge in [-0.05, 0) is 0 Å². The van der Waals surface area contributed by atoms with Gasteiger partial charge in [0.25, 0.3) is 0 Å². The molecule has 8 heteroatoms. The quantitative estimate of drug-likeness (QED) is 0.697. The van der Waals surface area contributed by atoms with Crippen molar-refractivity contribution in [2.45, 2.75) is 6.10 Å². The van der Waals surface area contributed by atoms with Crippen molar-refractivity contribution in [3.63, 3.8) is 0 Å². The van der Waals surface area contributed by atoms with E-state index in [1.54, 1.807) is 14.2 Å². The summed E-state index contributed by atoms with van der Waals surface area (Å²) in [5.41, 5.74) is 6.15. The molecule has 1 aromatic heterocycles. The van der Waals surface area contributed by atoms with E-state index in [4.69, 9.17) is 19.9 Å². The van der Waals surface area contributed by atoms with Gasteiger partial charge in [0.15, 0.2) is 5.75 Å². The van der Waals surface area contributed by atoms with E-state index < -0.39 is 5.97 Å². The van der Waals surface area contributed by atoms with Crippen LogP contribution in [0.3, 0.4) is 0 Å². The van der Waals surface area contributed by atoms with Gasteiger partial charge >= 0.3 is 5.97 Å². The van der Waals surface area contributed by atoms with Crippen LogP contribution in [0.1, 0.15) is 9.67 Å². The number of rotatable bonds is 8. The van der Waals surface area contributed by atoms with Gasteiger partial charge in [-0.15, -0.1) is 11.3 Å². The molecule has 3 N–H and O–H groups in total. The van der Waals surface area contributed by atoms with Crippen LogP contribution in [0.5, 0.6) is 5.75 Å². The van der Waals surface area contributed by atoms with Gasteiger partial charge in [0.05, 0.1) is 26.9 Å². The van der Waals surface area contributed by atoms with Crippen LogP contribution in [0.2, 0.25) is 0 Å². The van der Waals surface area contributed by atoms with E-state index in [1.165, 1.54) is 25.6 Å². The third kappa shape index (κ3) is 3.75. The lowest BCUT2D eigenvalue weighted by Crippen LogP contribution is -2.26. The standard InChI is InChI=1S/C12H20N2O5S/c1-16-6-7(17-2)5-14-11-9(18-3)8(13)10(20-11)12(15)19-4/h7,14H,5-6,13H2,1-4H3. The zero-order valence-electron chi connectivity index (χ0n) is 12.0. The molecule has 0 aliphatic heterocycles. The molecule has 7 nitrogen and oxygen atoms in total. The van der Waals surface area contributed by atoms with Gasteiger partial charge in [0.2, 0.25) is 0 Å². The van der Waals surface area contributed by atoms with Gasteiger partial charge < -0.3 is 30.0 Å². The molecule has 20 heavy (non-hydrogen) atoms. The normalized spacial score (nSPS) is 12.0. The molecule has 0 radical (unpaired) electrons. The molecule has 1 aromatic rings. The Labute approximate surface area is 121 Å². The number of hydrogen-bond acceptors (Lipinski definition) is 8. The average molecular weight is 304 g/mol. The summed E-state index contributed by atoms with van der Waals surface area (Å²) in [6, 6.07) is 0. The van der Waals surface area contributed by atoms with E-state index in [0.29, 0.717) is 28.8 Å². The van der Waals surface area contributed by atoms with Gasteiger partial charge in [-0.25, -0.2) is 4.79 Å². The first-order valence-electron chi connectivity index (χ1n) is 5.89. The summed E-state index contributed by atoms with van der Waals surface area (Å²) in [5.74, 6) is -0.0540. The topological polar surface area (TPSA) is 92.0 Å². The van der Waals surface area contributed by atoms with Gasteiger partial charge in [-0.1, -0.05) is 0 Å². The van der Waals surface area contributed by atoms with Crippen LogP contribution in [-0.2, 0) is 14.2 Å². The molecule has 1 rings (SSSR count). The lowest BCUT2D eigenvalue weighted by molar-refractivity contribution is 0.0366. The molecular weight excluding hydrogens is 284 g/mol. The van der Waals surface area contributed by atoms with E-state index in [-0.39, 0.29) is 11.8 Å². The predicted octanol–water partition coefficient (Wildman–Crippen LogP) is 1.20. The average Bonchev–Trinajstić information content (AvgIpc) is 2.78. The first-order chi connectivity index (χ1) is 9.58. The largest absolute Gasteiger partial charge is 0.492 e. The fraction of sp³-hybridized carbons (Fsp3) is 0.583. The van der Waals surface area contributed by atoms with Crippen molar-refractivity contribution in [3.8, 4) is 5.75 Å². The third-order valence-corrected chi connectivity index (χ3v) is 3.78. The summed E-state index contributed by atoms with van der Waals surface area (Å²) in [6.45, 7) is 0.956. The molecule has 1 unspecified atom stereocenters.